The molecule has 0 saturated carbocycles. The minimum absolute atomic E-state index is 0.230. The molecule has 0 unspecified atom stereocenters. The van der Waals surface area contributed by atoms with E-state index in [0.717, 1.165) is 5.52 Å². The van der Waals surface area contributed by atoms with Crippen molar-refractivity contribution in [3.63, 3.8) is 0 Å². The van der Waals surface area contributed by atoms with Crippen molar-refractivity contribution in [1.29, 1.82) is 0 Å². The van der Waals surface area contributed by atoms with Crippen molar-refractivity contribution in [2.75, 3.05) is 0 Å². The Morgan fingerprint density at radius 2 is 1.84 bits per heavy atom. The maximum Gasteiger partial charge on any atom is 0.274 e. The zero-order valence-corrected chi connectivity index (χ0v) is 17.3. The van der Waals surface area contributed by atoms with Crippen molar-refractivity contribution in [1.82, 2.24) is 9.83 Å². The first-order chi connectivity index (χ1) is 14.9. The van der Waals surface area contributed by atoms with Gasteiger partial charge < -0.3 is 8.82 Å². The number of hydrazone groups is 1. The van der Waals surface area contributed by atoms with Crippen LogP contribution in [0, 0.1) is 26.6 Å². The number of fused-ring (bicyclic) bond motifs is 1. The number of aromatic nitrogens is 1. The molecule has 0 spiro atoms. The molecule has 0 atom stereocenters. The molecule has 1 amide bonds. The summed E-state index contributed by atoms with van der Waals surface area (Å²) < 4.78 is 20.4. The van der Waals surface area contributed by atoms with Crippen molar-refractivity contribution in [3.05, 3.63) is 100 Å². The molecule has 7 heteroatoms. The monoisotopic (exact) mass is 417 g/mol. The Kier molecular flexibility index (Phi) is 5.25. The Bertz CT molecular complexity index is 1330. The Hall–Kier alpha value is -4.00. The van der Waals surface area contributed by atoms with Crippen LogP contribution >= 0.6 is 0 Å². The van der Waals surface area contributed by atoms with Gasteiger partial charge in [-0.3, -0.25) is 9.59 Å². The smallest absolute Gasteiger partial charge is 0.274 e. The average Bonchev–Trinajstić information content (AvgIpc) is 3.23. The van der Waals surface area contributed by atoms with Crippen molar-refractivity contribution in [2.24, 2.45) is 5.10 Å². The van der Waals surface area contributed by atoms with Gasteiger partial charge in [0.25, 0.3) is 5.91 Å². The predicted molar refractivity (Wildman–Crippen MR) is 115 cm³/mol. The number of aryl methyl sites for hydroxylation is 2. The molecule has 0 saturated heterocycles. The molecule has 156 valence electrons. The molecule has 0 aliphatic heterocycles. The van der Waals surface area contributed by atoms with Crippen LogP contribution in [0.5, 0.6) is 0 Å². The maximum absolute atomic E-state index is 13.3. The van der Waals surface area contributed by atoms with E-state index in [0.29, 0.717) is 39.5 Å². The minimum atomic E-state index is -0.403. The first-order valence-electron chi connectivity index (χ1n) is 9.67. The number of amides is 1. The maximum atomic E-state index is 13.3. The molecule has 31 heavy (non-hydrogen) atoms. The highest BCUT2D eigenvalue weighted by Gasteiger charge is 2.21. The standard InChI is InChI=1S/C24H20FN3O3/c1-14-12-19(16(3)31-14)24(30)27-26-13-20-15(2)22(28-11-5-4-6-21(20)28)23(29)17-7-9-18(25)10-8-17/h4-13H,1-3H3,(H,27,30)/b26-13-. The van der Waals surface area contributed by atoms with Gasteiger partial charge >= 0.3 is 0 Å². The van der Waals surface area contributed by atoms with Gasteiger partial charge in [0.1, 0.15) is 17.3 Å². The summed E-state index contributed by atoms with van der Waals surface area (Å²) in [5.41, 5.74) is 5.93. The summed E-state index contributed by atoms with van der Waals surface area (Å²) in [7, 11) is 0. The molecule has 0 aliphatic rings. The van der Waals surface area contributed by atoms with Crippen LogP contribution in [-0.4, -0.2) is 22.3 Å². The molecule has 0 bridgehead atoms. The molecular formula is C24H20FN3O3. The van der Waals surface area contributed by atoms with E-state index in [1.807, 2.05) is 25.1 Å². The molecule has 0 radical (unpaired) electrons. The highest BCUT2D eigenvalue weighted by molar-refractivity contribution is 6.12. The molecule has 1 N–H and O–H groups in total. The van der Waals surface area contributed by atoms with E-state index in [9.17, 15) is 14.0 Å². The summed E-state index contributed by atoms with van der Waals surface area (Å²) in [5.74, 6) is 0.147. The second kappa shape index (κ2) is 8.02. The Morgan fingerprint density at radius 3 is 2.52 bits per heavy atom. The summed E-state index contributed by atoms with van der Waals surface area (Å²) in [6.07, 6.45) is 3.30. The molecule has 4 aromatic rings. The number of carbonyl (C=O) groups excluding carboxylic acids is 2. The predicted octanol–water partition coefficient (Wildman–Crippen LogP) is 4.59. The third kappa shape index (κ3) is 3.77. The van der Waals surface area contributed by atoms with E-state index in [1.165, 1.54) is 30.5 Å². The van der Waals surface area contributed by atoms with E-state index in [2.05, 4.69) is 10.5 Å². The molecular weight excluding hydrogens is 397 g/mol. The second-order valence-corrected chi connectivity index (χ2v) is 7.21. The quantitative estimate of drug-likeness (QED) is 0.293. The van der Waals surface area contributed by atoms with Crippen molar-refractivity contribution in [3.8, 4) is 0 Å². The zero-order valence-electron chi connectivity index (χ0n) is 17.3. The fraction of sp³-hybridized carbons (Fsp3) is 0.125. The number of hydrogen-bond acceptors (Lipinski definition) is 4. The van der Waals surface area contributed by atoms with Crippen LogP contribution in [0.15, 0.2) is 64.2 Å². The van der Waals surface area contributed by atoms with Gasteiger partial charge in [-0.15, -0.1) is 0 Å². The molecule has 4 rings (SSSR count). The lowest BCUT2D eigenvalue weighted by molar-refractivity contribution is 0.0952. The number of nitrogens with one attached hydrogen (secondary N) is 1. The highest BCUT2D eigenvalue weighted by Crippen LogP contribution is 2.24. The van der Waals surface area contributed by atoms with Crippen LogP contribution in [0.3, 0.4) is 0 Å². The van der Waals surface area contributed by atoms with Gasteiger partial charge in [-0.05, 0) is 68.8 Å². The lowest BCUT2D eigenvalue weighted by atomic mass is 10.0. The van der Waals surface area contributed by atoms with Gasteiger partial charge in [0.05, 0.1) is 23.0 Å². The summed E-state index contributed by atoms with van der Waals surface area (Å²) in [4.78, 5) is 25.5. The molecule has 1 aromatic carbocycles. The lowest BCUT2D eigenvalue weighted by Crippen LogP contribution is -2.17. The zero-order chi connectivity index (χ0) is 22.1. The molecule has 0 fully saturated rings. The Labute approximate surface area is 178 Å². The largest absolute Gasteiger partial charge is 0.466 e. The van der Waals surface area contributed by atoms with Gasteiger partial charge in [-0.25, -0.2) is 9.82 Å². The van der Waals surface area contributed by atoms with E-state index in [4.69, 9.17) is 4.42 Å². The van der Waals surface area contributed by atoms with Crippen LogP contribution in [0.2, 0.25) is 0 Å². The fourth-order valence-corrected chi connectivity index (χ4v) is 3.61. The van der Waals surface area contributed by atoms with Gasteiger partial charge in [0, 0.05) is 17.3 Å². The third-order valence-electron chi connectivity index (χ3n) is 5.10. The first kappa shape index (κ1) is 20.3. The molecule has 0 aliphatic carbocycles. The topological polar surface area (TPSA) is 76.1 Å². The Morgan fingerprint density at radius 1 is 1.10 bits per heavy atom. The molecule has 3 aromatic heterocycles. The fourth-order valence-electron chi connectivity index (χ4n) is 3.61. The summed E-state index contributed by atoms with van der Waals surface area (Å²) in [6.45, 7) is 5.30. The summed E-state index contributed by atoms with van der Waals surface area (Å²) >= 11 is 0. The van der Waals surface area contributed by atoms with Crippen molar-refractivity contribution in [2.45, 2.75) is 20.8 Å². The van der Waals surface area contributed by atoms with Crippen molar-refractivity contribution >= 4 is 23.4 Å². The normalized spacial score (nSPS) is 11.4. The SMILES string of the molecule is Cc1cc(C(=O)N/N=C\c2c(C)c(C(=O)c3ccc(F)cc3)n3ccccc23)c(C)o1. The Balaban J connectivity index is 1.69. The van der Waals surface area contributed by atoms with Crippen LogP contribution in [0.1, 0.15) is 49.1 Å². The molecule has 6 nitrogen and oxygen atoms in total. The number of nitrogens with zero attached hydrogens (tertiary/aromatic N) is 2. The number of hydrogen-bond donors (Lipinski definition) is 1. The second-order valence-electron chi connectivity index (χ2n) is 7.21. The molecule has 3 heterocycles. The summed E-state index contributed by atoms with van der Waals surface area (Å²) in [5, 5.41) is 4.10. The van der Waals surface area contributed by atoms with Gasteiger partial charge in [-0.2, -0.15) is 5.10 Å². The van der Waals surface area contributed by atoms with Crippen LogP contribution in [0.25, 0.3) is 5.52 Å². The highest BCUT2D eigenvalue weighted by atomic mass is 19.1. The summed E-state index contributed by atoms with van der Waals surface area (Å²) in [6, 6.07) is 12.6. The van der Waals surface area contributed by atoms with Crippen molar-refractivity contribution < 1.29 is 18.4 Å². The number of benzene rings is 1. The van der Waals surface area contributed by atoms with Crippen LogP contribution < -0.4 is 5.43 Å². The third-order valence-corrected chi connectivity index (χ3v) is 5.10. The van der Waals surface area contributed by atoms with Crippen LogP contribution in [0.4, 0.5) is 4.39 Å². The first-order valence-corrected chi connectivity index (χ1v) is 9.67. The minimum Gasteiger partial charge on any atom is -0.466 e. The van der Waals surface area contributed by atoms with Gasteiger partial charge in [0.2, 0.25) is 5.78 Å². The lowest BCUT2D eigenvalue weighted by Gasteiger charge is -2.04. The number of pyridine rings is 1. The van der Waals surface area contributed by atoms with E-state index in [-0.39, 0.29) is 11.7 Å². The van der Waals surface area contributed by atoms with Gasteiger partial charge in [0.15, 0.2) is 0 Å². The number of ketones is 1. The van der Waals surface area contributed by atoms with E-state index >= 15 is 0 Å². The van der Waals surface area contributed by atoms with E-state index in [1.54, 1.807) is 30.5 Å². The number of furan rings is 1. The van der Waals surface area contributed by atoms with E-state index < -0.39 is 5.82 Å². The average molecular weight is 417 g/mol. The number of rotatable bonds is 5. The van der Waals surface area contributed by atoms with Gasteiger partial charge in [-0.1, -0.05) is 6.07 Å². The number of carbonyl (C=O) groups is 2. The van der Waals surface area contributed by atoms with Crippen LogP contribution in [-0.2, 0) is 0 Å². The number of halogens is 1.